The van der Waals surface area contributed by atoms with Crippen LogP contribution in [0.4, 0.5) is 0 Å². The lowest BCUT2D eigenvalue weighted by Gasteiger charge is -2.26. The zero-order chi connectivity index (χ0) is 10.8. The Morgan fingerprint density at radius 2 is 1.93 bits per heavy atom. The molecule has 1 aromatic carbocycles. The smallest absolute Gasteiger partial charge is 0.155 e. The number of benzene rings is 1. The van der Waals surface area contributed by atoms with Gasteiger partial charge in [-0.2, -0.15) is 0 Å². The molecule has 0 atom stereocenters. The fourth-order valence-electron chi connectivity index (χ4n) is 1.92. The van der Waals surface area contributed by atoms with E-state index >= 15 is 0 Å². The van der Waals surface area contributed by atoms with Gasteiger partial charge < -0.3 is 4.12 Å². The molecular formula is C11H20OSi2. The summed E-state index contributed by atoms with van der Waals surface area (Å²) >= 11 is 0. The second-order valence-electron chi connectivity index (χ2n) is 4.56. The predicted octanol–water partition coefficient (Wildman–Crippen LogP) is 0.919. The van der Waals surface area contributed by atoms with Crippen LogP contribution in [0.15, 0.2) is 18.2 Å². The molecule has 0 saturated carbocycles. The Kier molecular flexibility index (Phi) is 3.69. The van der Waals surface area contributed by atoms with Gasteiger partial charge >= 0.3 is 0 Å². The van der Waals surface area contributed by atoms with Gasteiger partial charge in [-0.05, 0) is 30.5 Å². The van der Waals surface area contributed by atoms with Crippen LogP contribution in [0.1, 0.15) is 30.5 Å². The third kappa shape index (κ3) is 2.35. The average Bonchev–Trinajstić information content (AvgIpc) is 2.09. The highest BCUT2D eigenvalue weighted by Gasteiger charge is 2.23. The summed E-state index contributed by atoms with van der Waals surface area (Å²) in [6, 6.07) is 6.58. The third-order valence-corrected chi connectivity index (χ3v) is 5.10. The first-order valence-electron chi connectivity index (χ1n) is 5.04. The lowest BCUT2D eigenvalue weighted by atomic mass is 9.94. The Morgan fingerprint density at radius 1 is 1.29 bits per heavy atom. The SMILES string of the molecule is Cc1cccc(C(C)(C)[SiH2]O[SiH3])c1C. The zero-order valence-electron chi connectivity index (χ0n) is 9.85. The van der Waals surface area contributed by atoms with Crippen LogP contribution in [0.25, 0.3) is 0 Å². The summed E-state index contributed by atoms with van der Waals surface area (Å²) in [5.74, 6) is 0. The molecule has 0 unspecified atom stereocenters. The molecule has 0 spiro atoms. The Labute approximate surface area is 92.4 Å². The van der Waals surface area contributed by atoms with Crippen LogP contribution in [-0.2, 0) is 9.15 Å². The number of rotatable bonds is 3. The maximum absolute atomic E-state index is 5.53. The van der Waals surface area contributed by atoms with Gasteiger partial charge in [0.05, 0.1) is 0 Å². The van der Waals surface area contributed by atoms with Crippen molar-refractivity contribution in [1.82, 2.24) is 0 Å². The largest absolute Gasteiger partial charge is 0.467 e. The topological polar surface area (TPSA) is 9.23 Å². The Balaban J connectivity index is 3.12. The molecule has 0 heterocycles. The molecule has 0 fully saturated rings. The van der Waals surface area contributed by atoms with E-state index in [1.54, 1.807) is 0 Å². The number of hydrogen-bond acceptors (Lipinski definition) is 1. The standard InChI is InChI=1S/C11H20OSi2/c1-8-6-5-7-10(9(8)2)11(3,4)14-12-13/h5-7H,14H2,1-4,13H3. The lowest BCUT2D eigenvalue weighted by molar-refractivity contribution is 0.584. The minimum atomic E-state index is -0.424. The molecule has 1 aromatic rings. The first kappa shape index (κ1) is 11.7. The third-order valence-electron chi connectivity index (χ3n) is 2.84. The molecule has 1 rings (SSSR count). The Hall–Kier alpha value is -0.386. The van der Waals surface area contributed by atoms with Crippen molar-refractivity contribution in [3.05, 3.63) is 34.9 Å². The summed E-state index contributed by atoms with van der Waals surface area (Å²) < 4.78 is 5.53. The molecule has 0 radical (unpaired) electrons. The molecule has 0 bridgehead atoms. The normalized spacial score (nSPS) is 12.9. The highest BCUT2D eigenvalue weighted by Crippen LogP contribution is 2.26. The van der Waals surface area contributed by atoms with Gasteiger partial charge in [0.1, 0.15) is 10.5 Å². The predicted molar refractivity (Wildman–Crippen MR) is 68.5 cm³/mol. The van der Waals surface area contributed by atoms with E-state index in [2.05, 4.69) is 45.9 Å². The second-order valence-corrected chi connectivity index (χ2v) is 8.93. The minimum Gasteiger partial charge on any atom is -0.467 e. The van der Waals surface area contributed by atoms with Gasteiger partial charge in [0, 0.05) is 5.04 Å². The van der Waals surface area contributed by atoms with Crippen molar-refractivity contribution < 1.29 is 4.12 Å². The Bertz CT molecular complexity index is 321. The van der Waals surface area contributed by atoms with E-state index in [1.165, 1.54) is 16.7 Å². The van der Waals surface area contributed by atoms with Crippen LogP contribution in [0.3, 0.4) is 0 Å². The summed E-state index contributed by atoms with van der Waals surface area (Å²) in [6.07, 6.45) is 0. The van der Waals surface area contributed by atoms with E-state index in [0.717, 1.165) is 10.5 Å². The maximum Gasteiger partial charge on any atom is 0.155 e. The van der Waals surface area contributed by atoms with Crippen molar-refractivity contribution in [2.75, 3.05) is 0 Å². The zero-order valence-corrected chi connectivity index (χ0v) is 13.3. The minimum absolute atomic E-state index is 0.276. The number of aryl methyl sites for hydroxylation is 1. The fraction of sp³-hybridized carbons (Fsp3) is 0.455. The lowest BCUT2D eigenvalue weighted by Crippen LogP contribution is -2.28. The van der Waals surface area contributed by atoms with E-state index in [9.17, 15) is 0 Å². The van der Waals surface area contributed by atoms with E-state index in [-0.39, 0.29) is 5.04 Å². The first-order chi connectivity index (χ1) is 6.49. The van der Waals surface area contributed by atoms with Gasteiger partial charge in [-0.15, -0.1) is 0 Å². The second kappa shape index (κ2) is 4.42. The molecule has 1 nitrogen and oxygen atoms in total. The molecule has 0 aromatic heterocycles. The van der Waals surface area contributed by atoms with Gasteiger partial charge in [0.2, 0.25) is 0 Å². The summed E-state index contributed by atoms with van der Waals surface area (Å²) in [5.41, 5.74) is 4.29. The molecule has 0 aliphatic rings. The Morgan fingerprint density at radius 3 is 2.50 bits per heavy atom. The fourth-order valence-corrected chi connectivity index (χ4v) is 5.35. The monoisotopic (exact) mass is 224 g/mol. The molecule has 0 saturated heterocycles. The van der Waals surface area contributed by atoms with Gasteiger partial charge in [-0.3, -0.25) is 0 Å². The van der Waals surface area contributed by atoms with Crippen molar-refractivity contribution in [1.29, 1.82) is 0 Å². The molecule has 0 aliphatic heterocycles. The van der Waals surface area contributed by atoms with Crippen LogP contribution in [-0.4, -0.2) is 20.2 Å². The molecular weight excluding hydrogens is 204 g/mol. The maximum atomic E-state index is 5.53. The highest BCUT2D eigenvalue weighted by atomic mass is 28.3. The van der Waals surface area contributed by atoms with Crippen molar-refractivity contribution >= 4 is 20.2 Å². The van der Waals surface area contributed by atoms with Crippen molar-refractivity contribution in [2.24, 2.45) is 0 Å². The van der Waals surface area contributed by atoms with Crippen LogP contribution in [0, 0.1) is 13.8 Å². The van der Waals surface area contributed by atoms with Gasteiger partial charge in [-0.25, -0.2) is 0 Å². The summed E-state index contributed by atoms with van der Waals surface area (Å²) in [6.45, 7) is 9.00. The van der Waals surface area contributed by atoms with Gasteiger partial charge in [0.25, 0.3) is 0 Å². The average molecular weight is 224 g/mol. The van der Waals surface area contributed by atoms with E-state index < -0.39 is 9.76 Å². The van der Waals surface area contributed by atoms with Crippen molar-refractivity contribution in [3.8, 4) is 0 Å². The highest BCUT2D eigenvalue weighted by molar-refractivity contribution is 6.38. The van der Waals surface area contributed by atoms with Crippen molar-refractivity contribution in [3.63, 3.8) is 0 Å². The molecule has 0 N–H and O–H groups in total. The van der Waals surface area contributed by atoms with E-state index in [0.29, 0.717) is 0 Å². The van der Waals surface area contributed by atoms with E-state index in [1.807, 2.05) is 0 Å². The van der Waals surface area contributed by atoms with E-state index in [4.69, 9.17) is 4.12 Å². The molecule has 3 heteroatoms. The molecule has 14 heavy (non-hydrogen) atoms. The molecule has 0 aliphatic carbocycles. The molecule has 78 valence electrons. The quantitative estimate of drug-likeness (QED) is 0.694. The van der Waals surface area contributed by atoms with Crippen molar-refractivity contribution in [2.45, 2.75) is 32.7 Å². The summed E-state index contributed by atoms with van der Waals surface area (Å²) in [5, 5.41) is 0.276. The molecule has 0 amide bonds. The van der Waals surface area contributed by atoms with Gasteiger partial charge in [-0.1, -0.05) is 32.0 Å². The van der Waals surface area contributed by atoms with Gasteiger partial charge in [0.15, 0.2) is 9.76 Å². The van der Waals surface area contributed by atoms with Crippen LogP contribution < -0.4 is 0 Å². The summed E-state index contributed by atoms with van der Waals surface area (Å²) in [7, 11) is 0.454. The van der Waals surface area contributed by atoms with Crippen LogP contribution in [0.5, 0.6) is 0 Å². The number of hydrogen-bond donors (Lipinski definition) is 0. The summed E-state index contributed by atoms with van der Waals surface area (Å²) in [4.78, 5) is 0. The first-order valence-corrected chi connectivity index (χ1v) is 7.15. The van der Waals surface area contributed by atoms with Crippen LogP contribution >= 0.6 is 0 Å². The van der Waals surface area contributed by atoms with Crippen LogP contribution in [0.2, 0.25) is 0 Å².